The number of allylic oxidation sites excluding steroid dienone is 2. The van der Waals surface area contributed by atoms with Gasteiger partial charge in [0.15, 0.2) is 0 Å². The minimum absolute atomic E-state index is 0.00571. The number of aliphatic hydroxyl groups excluding tert-OH is 1. The van der Waals surface area contributed by atoms with Crippen LogP contribution in [0.1, 0.15) is 19.3 Å². The zero-order chi connectivity index (χ0) is 13.6. The number of carbonyl (C=O) groups excluding carboxylic acids is 1. The number of likely N-dealkylation sites (tertiary alicyclic amines) is 1. The summed E-state index contributed by atoms with van der Waals surface area (Å²) in [6.07, 6.45) is 5.77. The Morgan fingerprint density at radius 3 is 2.47 bits per heavy atom. The number of carboxylic acid groups (broad SMARTS) is 1. The lowest BCUT2D eigenvalue weighted by Crippen LogP contribution is -2.48. The minimum Gasteiger partial charge on any atom is -0.481 e. The molecule has 2 fully saturated rings. The first kappa shape index (κ1) is 12.7. The number of aliphatic hydroxyl groups is 1. The van der Waals surface area contributed by atoms with Crippen molar-refractivity contribution in [1.29, 1.82) is 0 Å². The smallest absolute Gasteiger partial charge is 0.307 e. The summed E-state index contributed by atoms with van der Waals surface area (Å²) in [6.45, 7) is 0.989. The minimum atomic E-state index is -0.868. The lowest BCUT2D eigenvalue weighted by Gasteiger charge is -2.35. The molecule has 5 atom stereocenters. The van der Waals surface area contributed by atoms with E-state index in [9.17, 15) is 19.8 Å². The maximum Gasteiger partial charge on any atom is 0.307 e. The van der Waals surface area contributed by atoms with Crippen molar-refractivity contribution < 1.29 is 19.8 Å². The number of β-amino-alcohol motifs (C(OH)–C–C–N with tert-alkyl or cyclic N) is 1. The van der Waals surface area contributed by atoms with E-state index in [1.54, 1.807) is 4.90 Å². The van der Waals surface area contributed by atoms with Gasteiger partial charge in [0, 0.05) is 13.1 Å². The number of hydrogen-bond acceptors (Lipinski definition) is 3. The third-order valence-corrected chi connectivity index (χ3v) is 4.74. The summed E-state index contributed by atoms with van der Waals surface area (Å²) < 4.78 is 0. The van der Waals surface area contributed by atoms with Crippen molar-refractivity contribution >= 4 is 11.9 Å². The molecule has 0 radical (unpaired) electrons. The highest BCUT2D eigenvalue weighted by molar-refractivity contribution is 5.87. The van der Waals surface area contributed by atoms with Crippen LogP contribution in [0.4, 0.5) is 0 Å². The summed E-state index contributed by atoms with van der Waals surface area (Å²) in [7, 11) is 0. The number of amides is 1. The lowest BCUT2D eigenvalue weighted by molar-refractivity contribution is -0.152. The second-order valence-corrected chi connectivity index (χ2v) is 5.92. The Kier molecular flexibility index (Phi) is 3.09. The van der Waals surface area contributed by atoms with E-state index in [1.807, 2.05) is 12.2 Å². The molecule has 3 unspecified atom stereocenters. The van der Waals surface area contributed by atoms with E-state index in [4.69, 9.17) is 0 Å². The van der Waals surface area contributed by atoms with Gasteiger partial charge in [0.2, 0.25) is 5.91 Å². The van der Waals surface area contributed by atoms with E-state index in [-0.39, 0.29) is 17.7 Å². The summed E-state index contributed by atoms with van der Waals surface area (Å²) in [4.78, 5) is 25.6. The van der Waals surface area contributed by atoms with E-state index in [0.717, 1.165) is 19.3 Å². The van der Waals surface area contributed by atoms with Crippen molar-refractivity contribution in [3.8, 4) is 0 Å². The van der Waals surface area contributed by atoms with Crippen LogP contribution in [0.2, 0.25) is 0 Å². The third-order valence-electron chi connectivity index (χ3n) is 4.74. The van der Waals surface area contributed by atoms with E-state index in [2.05, 4.69) is 0 Å². The molecule has 1 heterocycles. The fourth-order valence-electron chi connectivity index (χ4n) is 3.86. The molecule has 2 aliphatic carbocycles. The molecule has 1 amide bonds. The van der Waals surface area contributed by atoms with Gasteiger partial charge in [0.25, 0.3) is 0 Å². The Morgan fingerprint density at radius 1 is 1.16 bits per heavy atom. The molecule has 0 aromatic rings. The zero-order valence-electron chi connectivity index (χ0n) is 10.7. The maximum atomic E-state index is 12.6. The topological polar surface area (TPSA) is 77.8 Å². The van der Waals surface area contributed by atoms with E-state index in [1.165, 1.54) is 0 Å². The Labute approximate surface area is 111 Å². The normalized spacial score (nSPS) is 40.7. The van der Waals surface area contributed by atoms with E-state index >= 15 is 0 Å². The van der Waals surface area contributed by atoms with Crippen LogP contribution in [0.25, 0.3) is 0 Å². The van der Waals surface area contributed by atoms with Gasteiger partial charge in [0.1, 0.15) is 0 Å². The summed E-state index contributed by atoms with van der Waals surface area (Å²) in [5.74, 6) is -1.89. The van der Waals surface area contributed by atoms with E-state index in [0.29, 0.717) is 13.1 Å². The average molecular weight is 265 g/mol. The highest BCUT2D eigenvalue weighted by Crippen LogP contribution is 2.48. The number of hydrogen-bond donors (Lipinski definition) is 2. The maximum absolute atomic E-state index is 12.6. The summed E-state index contributed by atoms with van der Waals surface area (Å²) >= 11 is 0. The number of carbonyl (C=O) groups is 2. The average Bonchev–Trinajstić information content (AvgIpc) is 2.97. The number of aliphatic carboxylic acids is 1. The van der Waals surface area contributed by atoms with Crippen molar-refractivity contribution in [2.45, 2.75) is 25.4 Å². The molecule has 5 nitrogen and oxygen atoms in total. The number of fused-ring (bicyclic) bond motifs is 2. The molecule has 1 saturated carbocycles. The number of nitrogens with zero attached hydrogens (tertiary/aromatic N) is 1. The largest absolute Gasteiger partial charge is 0.481 e. The van der Waals surface area contributed by atoms with Gasteiger partial charge >= 0.3 is 5.97 Å². The third kappa shape index (κ3) is 2.06. The molecular weight excluding hydrogens is 246 g/mol. The summed E-state index contributed by atoms with van der Waals surface area (Å²) in [5.41, 5.74) is 0. The molecule has 2 bridgehead atoms. The van der Waals surface area contributed by atoms with Crippen LogP contribution in [0.3, 0.4) is 0 Å². The second kappa shape index (κ2) is 4.63. The molecule has 0 aromatic heterocycles. The standard InChI is InChI=1S/C14H19NO4/c16-10-2-1-5-15(7-10)13(17)11-8-3-4-9(6-8)12(11)14(18)19/h3-4,8-12,16H,1-2,5-7H2,(H,18,19)/t8?,9?,10?,11-,12+/m0/s1. The Balaban J connectivity index is 1.78. The van der Waals surface area contributed by atoms with Gasteiger partial charge < -0.3 is 15.1 Å². The SMILES string of the molecule is O=C(O)[C@@H]1C2C=CC(C2)[C@@H]1C(=O)N1CCCC(O)C1. The predicted octanol–water partition coefficient (Wildman–Crippen LogP) is 0.493. The molecule has 1 saturated heterocycles. The fraction of sp³-hybridized carbons (Fsp3) is 0.714. The molecular formula is C14H19NO4. The Bertz CT molecular complexity index is 433. The number of piperidine rings is 1. The van der Waals surface area contributed by atoms with Crippen LogP contribution >= 0.6 is 0 Å². The molecule has 5 heteroatoms. The molecule has 3 aliphatic rings. The van der Waals surface area contributed by atoms with Crippen molar-refractivity contribution in [2.24, 2.45) is 23.7 Å². The van der Waals surface area contributed by atoms with Gasteiger partial charge in [-0.05, 0) is 31.1 Å². The van der Waals surface area contributed by atoms with Crippen molar-refractivity contribution in [3.05, 3.63) is 12.2 Å². The van der Waals surface area contributed by atoms with Crippen molar-refractivity contribution in [2.75, 3.05) is 13.1 Å². The van der Waals surface area contributed by atoms with Crippen molar-refractivity contribution in [1.82, 2.24) is 4.90 Å². The van der Waals surface area contributed by atoms with Gasteiger partial charge in [-0.2, -0.15) is 0 Å². The van der Waals surface area contributed by atoms with Gasteiger partial charge in [-0.15, -0.1) is 0 Å². The highest BCUT2D eigenvalue weighted by Gasteiger charge is 2.52. The van der Waals surface area contributed by atoms with E-state index < -0.39 is 23.9 Å². The number of carboxylic acids is 1. The van der Waals surface area contributed by atoms with Gasteiger partial charge in [0.05, 0.1) is 17.9 Å². The molecule has 0 spiro atoms. The first-order valence-electron chi connectivity index (χ1n) is 6.96. The summed E-state index contributed by atoms with van der Waals surface area (Å²) in [5, 5.41) is 19.0. The van der Waals surface area contributed by atoms with Crippen LogP contribution in [-0.2, 0) is 9.59 Å². The quantitative estimate of drug-likeness (QED) is 0.712. The van der Waals surface area contributed by atoms with Crippen LogP contribution in [0, 0.1) is 23.7 Å². The first-order chi connectivity index (χ1) is 9.08. The lowest BCUT2D eigenvalue weighted by atomic mass is 9.81. The molecule has 1 aliphatic heterocycles. The molecule has 2 N–H and O–H groups in total. The predicted molar refractivity (Wildman–Crippen MR) is 67.2 cm³/mol. The highest BCUT2D eigenvalue weighted by atomic mass is 16.4. The van der Waals surface area contributed by atoms with Crippen LogP contribution in [-0.4, -0.2) is 46.2 Å². The zero-order valence-corrected chi connectivity index (χ0v) is 10.7. The number of rotatable bonds is 2. The van der Waals surface area contributed by atoms with Crippen LogP contribution < -0.4 is 0 Å². The first-order valence-corrected chi connectivity index (χ1v) is 6.96. The monoisotopic (exact) mass is 265 g/mol. The Hall–Kier alpha value is -1.36. The van der Waals surface area contributed by atoms with Crippen LogP contribution in [0.15, 0.2) is 12.2 Å². The van der Waals surface area contributed by atoms with Gasteiger partial charge in [-0.3, -0.25) is 9.59 Å². The van der Waals surface area contributed by atoms with Crippen molar-refractivity contribution in [3.63, 3.8) is 0 Å². The molecule has 3 rings (SSSR count). The van der Waals surface area contributed by atoms with Gasteiger partial charge in [-0.25, -0.2) is 0 Å². The molecule has 104 valence electrons. The Morgan fingerprint density at radius 2 is 1.84 bits per heavy atom. The second-order valence-electron chi connectivity index (χ2n) is 5.92. The fourth-order valence-corrected chi connectivity index (χ4v) is 3.86. The molecule has 0 aromatic carbocycles. The van der Waals surface area contributed by atoms with Crippen LogP contribution in [0.5, 0.6) is 0 Å². The van der Waals surface area contributed by atoms with Gasteiger partial charge in [-0.1, -0.05) is 12.2 Å². The summed E-state index contributed by atoms with van der Waals surface area (Å²) in [6, 6.07) is 0. The molecule has 19 heavy (non-hydrogen) atoms.